The first-order valence-electron chi connectivity index (χ1n) is 9.44. The highest BCUT2D eigenvalue weighted by molar-refractivity contribution is 6.38. The third-order valence-corrected chi connectivity index (χ3v) is 4.81. The fourth-order valence-electron chi connectivity index (χ4n) is 3.33. The monoisotopic (exact) mass is 364 g/mol. The number of nitrogens with one attached hydrogen (secondary N) is 2. The topological polar surface area (TPSA) is 75.3 Å². The van der Waals surface area contributed by atoms with Crippen LogP contribution in [0.15, 0.2) is 54.6 Å². The fourth-order valence-corrected chi connectivity index (χ4v) is 3.33. The lowest BCUT2D eigenvalue weighted by molar-refractivity contribution is -0.139. The number of hydrogen-bond donors (Lipinski definition) is 2. The van der Waals surface area contributed by atoms with Gasteiger partial charge in [0.2, 0.25) is 5.78 Å². The van der Waals surface area contributed by atoms with Crippen molar-refractivity contribution in [1.29, 1.82) is 0 Å². The first-order valence-corrected chi connectivity index (χ1v) is 9.44. The summed E-state index contributed by atoms with van der Waals surface area (Å²) >= 11 is 0. The Morgan fingerprint density at radius 1 is 0.889 bits per heavy atom. The summed E-state index contributed by atoms with van der Waals surface area (Å²) < 4.78 is 0. The second-order valence-corrected chi connectivity index (χ2v) is 6.76. The van der Waals surface area contributed by atoms with E-state index in [1.165, 1.54) is 0 Å². The minimum Gasteiger partial charge on any atom is -0.349 e. The molecule has 1 heterocycles. The van der Waals surface area contributed by atoms with Gasteiger partial charge in [0.1, 0.15) is 0 Å². The van der Waals surface area contributed by atoms with Crippen molar-refractivity contribution in [3.05, 3.63) is 60.2 Å². The summed E-state index contributed by atoms with van der Waals surface area (Å²) in [4.78, 5) is 37.4. The molecule has 0 bridgehead atoms. The minimum atomic E-state index is -0.792. The zero-order valence-corrected chi connectivity index (χ0v) is 15.2. The quantitative estimate of drug-likeness (QED) is 0.822. The summed E-state index contributed by atoms with van der Waals surface area (Å²) in [6.45, 7) is 0.502. The number of carbonyl (C=O) groups is 3. The maximum absolute atomic E-state index is 12.9. The van der Waals surface area contributed by atoms with Gasteiger partial charge in [-0.25, -0.2) is 0 Å². The lowest BCUT2D eigenvalue weighted by Crippen LogP contribution is -2.48. The van der Waals surface area contributed by atoms with Gasteiger partial charge in [0.15, 0.2) is 0 Å². The summed E-state index contributed by atoms with van der Waals surface area (Å²) in [5.41, 5.74) is 2.22. The van der Waals surface area contributed by atoms with Crippen LogP contribution in [0.4, 0.5) is 0 Å². The van der Waals surface area contributed by atoms with Gasteiger partial charge in [-0.05, 0) is 30.0 Å². The summed E-state index contributed by atoms with van der Waals surface area (Å²) in [5.74, 6) is -1.52. The average Bonchev–Trinajstić information content (AvgIpc) is 2.71. The highest BCUT2D eigenvalue weighted by Crippen LogP contribution is 2.23. The van der Waals surface area contributed by atoms with Gasteiger partial charge in [0.05, 0.1) is 6.04 Å². The van der Waals surface area contributed by atoms with Gasteiger partial charge in [-0.2, -0.15) is 0 Å². The molecule has 27 heavy (non-hydrogen) atoms. The summed E-state index contributed by atoms with van der Waals surface area (Å²) in [6.07, 6.45) is 4.15. The van der Waals surface area contributed by atoms with Crippen LogP contribution in [-0.2, 0) is 9.59 Å². The van der Waals surface area contributed by atoms with Gasteiger partial charge in [-0.1, -0.05) is 67.8 Å². The minimum absolute atomic E-state index is 0.335. The molecule has 0 aliphatic carbocycles. The lowest BCUT2D eigenvalue weighted by Gasteiger charge is -2.19. The Morgan fingerprint density at radius 2 is 1.59 bits per heavy atom. The summed E-state index contributed by atoms with van der Waals surface area (Å²) in [5, 5.41) is 5.43. The molecule has 2 N–H and O–H groups in total. The van der Waals surface area contributed by atoms with Crippen molar-refractivity contribution in [3.63, 3.8) is 0 Å². The predicted molar refractivity (Wildman–Crippen MR) is 104 cm³/mol. The second-order valence-electron chi connectivity index (χ2n) is 6.76. The van der Waals surface area contributed by atoms with E-state index in [0.29, 0.717) is 18.5 Å². The molecule has 2 amide bonds. The first-order chi connectivity index (χ1) is 13.2. The first kappa shape index (κ1) is 18.8. The van der Waals surface area contributed by atoms with Crippen LogP contribution in [0.25, 0.3) is 11.1 Å². The van der Waals surface area contributed by atoms with E-state index in [9.17, 15) is 14.4 Å². The van der Waals surface area contributed by atoms with Gasteiger partial charge in [0, 0.05) is 12.1 Å². The van der Waals surface area contributed by atoms with E-state index < -0.39 is 17.7 Å². The molecule has 0 saturated carbocycles. The summed E-state index contributed by atoms with van der Waals surface area (Å²) in [6, 6.07) is 16.1. The van der Waals surface area contributed by atoms with Crippen LogP contribution in [0, 0.1) is 0 Å². The van der Waals surface area contributed by atoms with E-state index in [0.717, 1.165) is 36.8 Å². The smallest absolute Gasteiger partial charge is 0.289 e. The van der Waals surface area contributed by atoms with E-state index >= 15 is 0 Å². The maximum atomic E-state index is 12.9. The lowest BCUT2D eigenvalue weighted by atomic mass is 9.97. The Labute approximate surface area is 159 Å². The predicted octanol–water partition coefficient (Wildman–Crippen LogP) is 3.10. The largest absolute Gasteiger partial charge is 0.349 e. The molecular weight excluding hydrogens is 340 g/mol. The van der Waals surface area contributed by atoms with Crippen LogP contribution in [0.3, 0.4) is 0 Å². The number of amides is 2. The van der Waals surface area contributed by atoms with E-state index in [-0.39, 0.29) is 5.91 Å². The standard InChI is InChI=1S/C22H24N2O3/c25-20-19(14-6-1-2-9-15-23-22(20)27)24-21(26)18-13-8-7-12-17(18)16-10-4-3-5-11-16/h3-5,7-8,10-13,19H,1-2,6,9,14-15H2,(H,23,27)(H,24,26). The molecule has 0 radical (unpaired) electrons. The van der Waals surface area contributed by atoms with Gasteiger partial charge >= 0.3 is 0 Å². The molecule has 0 spiro atoms. The van der Waals surface area contributed by atoms with Crippen LogP contribution < -0.4 is 10.6 Å². The van der Waals surface area contributed by atoms with Gasteiger partial charge < -0.3 is 10.6 Å². The normalized spacial score (nSPS) is 18.4. The SMILES string of the molecule is O=C1NCCCCCCC(NC(=O)c2ccccc2-c2ccccc2)C1=O. The van der Waals surface area contributed by atoms with E-state index in [2.05, 4.69) is 10.6 Å². The third kappa shape index (κ3) is 4.82. The molecule has 5 nitrogen and oxygen atoms in total. The van der Waals surface area contributed by atoms with Gasteiger partial charge in [-0.3, -0.25) is 14.4 Å². The average molecular weight is 364 g/mol. The van der Waals surface area contributed by atoms with Crippen LogP contribution in [0.5, 0.6) is 0 Å². The number of rotatable bonds is 3. The molecule has 1 unspecified atom stereocenters. The molecule has 1 atom stereocenters. The molecular formula is C22H24N2O3. The van der Waals surface area contributed by atoms with Crippen molar-refractivity contribution in [1.82, 2.24) is 10.6 Å². The van der Waals surface area contributed by atoms with Gasteiger partial charge in [0.25, 0.3) is 11.8 Å². The van der Waals surface area contributed by atoms with Crippen LogP contribution in [0.1, 0.15) is 42.5 Å². The highest BCUT2D eigenvalue weighted by Gasteiger charge is 2.27. The van der Waals surface area contributed by atoms with Crippen LogP contribution in [0.2, 0.25) is 0 Å². The van der Waals surface area contributed by atoms with E-state index in [1.807, 2.05) is 42.5 Å². The Hall–Kier alpha value is -2.95. The molecule has 140 valence electrons. The fraction of sp³-hybridized carbons (Fsp3) is 0.318. The molecule has 1 aliphatic heterocycles. The van der Waals surface area contributed by atoms with Crippen molar-refractivity contribution in [3.8, 4) is 11.1 Å². The zero-order chi connectivity index (χ0) is 19.1. The van der Waals surface area contributed by atoms with Crippen molar-refractivity contribution >= 4 is 17.6 Å². The Bertz CT molecular complexity index is 817. The molecule has 1 aliphatic rings. The molecule has 1 saturated heterocycles. The highest BCUT2D eigenvalue weighted by atomic mass is 16.2. The van der Waals surface area contributed by atoms with Crippen LogP contribution in [-0.4, -0.2) is 30.2 Å². The molecule has 2 aromatic rings. The number of Topliss-reactive ketones (excluding diaryl/α,β-unsaturated/α-hetero) is 1. The Morgan fingerprint density at radius 3 is 2.41 bits per heavy atom. The third-order valence-electron chi connectivity index (χ3n) is 4.81. The molecule has 0 aromatic heterocycles. The number of hydrogen-bond acceptors (Lipinski definition) is 3. The Kier molecular flexibility index (Phi) is 6.36. The molecule has 1 fully saturated rings. The van der Waals surface area contributed by atoms with E-state index in [4.69, 9.17) is 0 Å². The maximum Gasteiger partial charge on any atom is 0.289 e. The molecule has 2 aromatic carbocycles. The van der Waals surface area contributed by atoms with Crippen molar-refractivity contribution in [2.45, 2.75) is 38.1 Å². The van der Waals surface area contributed by atoms with Crippen molar-refractivity contribution in [2.75, 3.05) is 6.54 Å². The summed E-state index contributed by atoms with van der Waals surface area (Å²) in [7, 11) is 0. The molecule has 5 heteroatoms. The number of ketones is 1. The van der Waals surface area contributed by atoms with Gasteiger partial charge in [-0.15, -0.1) is 0 Å². The van der Waals surface area contributed by atoms with Crippen molar-refractivity contribution in [2.24, 2.45) is 0 Å². The molecule has 3 rings (SSSR count). The number of carbonyl (C=O) groups excluding carboxylic acids is 3. The number of benzene rings is 2. The zero-order valence-electron chi connectivity index (χ0n) is 15.2. The van der Waals surface area contributed by atoms with E-state index in [1.54, 1.807) is 12.1 Å². The second kappa shape index (κ2) is 9.12. The Balaban J connectivity index is 1.81. The van der Waals surface area contributed by atoms with Crippen LogP contribution >= 0.6 is 0 Å². The van der Waals surface area contributed by atoms with Crippen molar-refractivity contribution < 1.29 is 14.4 Å².